The molecule has 4 aromatic carbocycles. The third-order valence-electron chi connectivity index (χ3n) is 7.39. The molecule has 230 valence electrons. The number of rotatable bonds is 13. The summed E-state index contributed by atoms with van der Waals surface area (Å²) in [5.41, 5.74) is 10.4. The lowest BCUT2D eigenvalue weighted by atomic mass is 9.81. The van der Waals surface area contributed by atoms with Gasteiger partial charge in [-0.25, -0.2) is 13.8 Å². The van der Waals surface area contributed by atoms with Crippen LogP contribution in [0, 0.1) is 11.6 Å². The van der Waals surface area contributed by atoms with Gasteiger partial charge >= 0.3 is 0 Å². The Kier molecular flexibility index (Phi) is 10.0. The second-order valence-electron chi connectivity index (χ2n) is 10.5. The van der Waals surface area contributed by atoms with E-state index in [0.717, 1.165) is 29.3 Å². The Morgan fingerprint density at radius 2 is 1.69 bits per heavy atom. The number of ether oxygens (including phenoxy) is 2. The van der Waals surface area contributed by atoms with Gasteiger partial charge in [-0.3, -0.25) is 4.79 Å². The highest BCUT2D eigenvalue weighted by Crippen LogP contribution is 2.43. The molecular weight excluding hydrogens is 580 g/mol. The van der Waals surface area contributed by atoms with Crippen LogP contribution in [0.15, 0.2) is 107 Å². The topological polar surface area (TPSA) is 129 Å². The number of carbonyl (C=O) groups is 1. The molecule has 0 saturated carbocycles. The Morgan fingerprint density at radius 3 is 2.38 bits per heavy atom. The Hall–Kier alpha value is -5.25. The lowest BCUT2D eigenvalue weighted by molar-refractivity contribution is -0.129. The van der Waals surface area contributed by atoms with Crippen molar-refractivity contribution in [3.05, 3.63) is 147 Å². The van der Waals surface area contributed by atoms with Crippen LogP contribution in [-0.4, -0.2) is 35.7 Å². The van der Waals surface area contributed by atoms with E-state index in [2.05, 4.69) is 15.3 Å². The molecule has 1 heterocycles. The summed E-state index contributed by atoms with van der Waals surface area (Å²) in [5.74, 6) is -1.19. The van der Waals surface area contributed by atoms with Gasteiger partial charge in [0.05, 0.1) is 13.2 Å². The number of halogens is 2. The van der Waals surface area contributed by atoms with Crippen molar-refractivity contribution in [2.75, 3.05) is 13.2 Å². The molecule has 9 nitrogen and oxygen atoms in total. The first-order valence-electron chi connectivity index (χ1n) is 14.4. The maximum atomic E-state index is 14.4. The minimum atomic E-state index is -1.56. The number of hydrogen-bond donors (Lipinski definition) is 2. The molecule has 11 heteroatoms. The molecule has 4 aromatic rings. The first-order chi connectivity index (χ1) is 21.9. The zero-order valence-electron chi connectivity index (χ0n) is 24.3. The van der Waals surface area contributed by atoms with Crippen molar-refractivity contribution in [3.8, 4) is 5.75 Å². The maximum absolute atomic E-state index is 14.4. The lowest BCUT2D eigenvalue weighted by Gasteiger charge is -2.31. The molecule has 0 radical (unpaired) electrons. The highest BCUT2D eigenvalue weighted by atomic mass is 19.1. The molecule has 0 aliphatic carbocycles. The van der Waals surface area contributed by atoms with E-state index in [1.165, 1.54) is 0 Å². The number of hydrogen-bond acceptors (Lipinski definition) is 6. The second-order valence-corrected chi connectivity index (χ2v) is 10.5. The third-order valence-corrected chi connectivity index (χ3v) is 7.39. The average Bonchev–Trinajstić information content (AvgIpc) is 3.44. The van der Waals surface area contributed by atoms with Crippen LogP contribution in [0.5, 0.6) is 5.75 Å². The molecule has 1 amide bonds. The summed E-state index contributed by atoms with van der Waals surface area (Å²) >= 11 is 0. The fourth-order valence-electron chi connectivity index (χ4n) is 5.24. The molecule has 1 aliphatic heterocycles. The number of benzene rings is 4. The number of aliphatic imine (C=N–C) groups is 1. The van der Waals surface area contributed by atoms with Gasteiger partial charge in [-0.15, -0.1) is 0 Å². The van der Waals surface area contributed by atoms with Crippen molar-refractivity contribution in [1.82, 2.24) is 5.32 Å². The van der Waals surface area contributed by atoms with Gasteiger partial charge in [0.1, 0.15) is 17.4 Å². The van der Waals surface area contributed by atoms with Gasteiger partial charge in [0.2, 0.25) is 5.90 Å². The van der Waals surface area contributed by atoms with E-state index >= 15 is 0 Å². The minimum Gasteiger partial charge on any atom is -0.494 e. The molecule has 5 rings (SSSR count). The number of nitrogens with zero attached hydrogens (tertiary/aromatic N) is 4. The molecule has 0 unspecified atom stereocenters. The number of amides is 1. The zero-order chi connectivity index (χ0) is 31.6. The summed E-state index contributed by atoms with van der Waals surface area (Å²) in [5, 5.41) is 15.6. The predicted molar refractivity (Wildman–Crippen MR) is 164 cm³/mol. The molecule has 2 atom stereocenters. The highest BCUT2D eigenvalue weighted by molar-refractivity contribution is 6.01. The zero-order valence-corrected chi connectivity index (χ0v) is 24.3. The molecule has 0 aromatic heterocycles. The molecule has 1 aliphatic rings. The smallest absolute Gasteiger partial charge is 0.252 e. The SMILES string of the molecule is [N-]=[N+]=NCc1ccccc1C[C@@]1(C(=O)NCc2cc(F)cc(F)c2)N=C(c2ccc(OCCCO)cc2)O[C@@H]1c1ccccc1. The van der Waals surface area contributed by atoms with Crippen LogP contribution in [-0.2, 0) is 29.0 Å². The Labute approximate surface area is 258 Å². The van der Waals surface area contributed by atoms with Crippen molar-refractivity contribution in [2.24, 2.45) is 10.1 Å². The Balaban J connectivity index is 1.58. The van der Waals surface area contributed by atoms with E-state index < -0.39 is 29.2 Å². The predicted octanol–water partition coefficient (Wildman–Crippen LogP) is 6.35. The van der Waals surface area contributed by atoms with Crippen molar-refractivity contribution in [3.63, 3.8) is 0 Å². The first-order valence-corrected chi connectivity index (χ1v) is 14.4. The lowest BCUT2D eigenvalue weighted by Crippen LogP contribution is -2.49. The van der Waals surface area contributed by atoms with E-state index in [-0.39, 0.29) is 37.6 Å². The van der Waals surface area contributed by atoms with E-state index in [9.17, 15) is 13.6 Å². The minimum absolute atomic E-state index is 0.0217. The van der Waals surface area contributed by atoms with Crippen LogP contribution < -0.4 is 10.1 Å². The van der Waals surface area contributed by atoms with Crippen LogP contribution in [0.2, 0.25) is 0 Å². The van der Waals surface area contributed by atoms with E-state index in [1.54, 1.807) is 24.3 Å². The van der Waals surface area contributed by atoms with Crippen LogP contribution in [0.25, 0.3) is 10.4 Å². The summed E-state index contributed by atoms with van der Waals surface area (Å²) < 4.78 is 40.1. The highest BCUT2D eigenvalue weighted by Gasteiger charge is 2.53. The van der Waals surface area contributed by atoms with Crippen molar-refractivity contribution < 1.29 is 28.2 Å². The van der Waals surface area contributed by atoms with Crippen LogP contribution in [0.3, 0.4) is 0 Å². The summed E-state index contributed by atoms with van der Waals surface area (Å²) in [6, 6.07) is 26.6. The van der Waals surface area contributed by atoms with Crippen LogP contribution in [0.4, 0.5) is 8.78 Å². The number of carbonyl (C=O) groups excluding carboxylic acids is 1. The van der Waals surface area contributed by atoms with Crippen LogP contribution in [0.1, 0.15) is 40.3 Å². The number of azide groups is 1. The molecule has 0 saturated heterocycles. The van der Waals surface area contributed by atoms with Gasteiger partial charge in [0, 0.05) is 42.5 Å². The normalized spacial score (nSPS) is 17.1. The largest absolute Gasteiger partial charge is 0.494 e. The van der Waals surface area contributed by atoms with Crippen LogP contribution >= 0.6 is 0 Å². The van der Waals surface area contributed by atoms with E-state index in [1.807, 2.05) is 54.6 Å². The Bertz CT molecular complexity index is 1690. The summed E-state index contributed by atoms with van der Waals surface area (Å²) in [6.45, 7) is 0.297. The van der Waals surface area contributed by atoms with Gasteiger partial charge in [0.25, 0.3) is 5.91 Å². The number of nitrogens with one attached hydrogen (secondary N) is 1. The summed E-state index contributed by atoms with van der Waals surface area (Å²) in [6.07, 6.45) is -0.318. The quantitative estimate of drug-likeness (QED) is 0.0790. The summed E-state index contributed by atoms with van der Waals surface area (Å²) in [7, 11) is 0. The summed E-state index contributed by atoms with van der Waals surface area (Å²) in [4.78, 5) is 22.3. The van der Waals surface area contributed by atoms with Gasteiger partial charge in [-0.1, -0.05) is 59.7 Å². The fourth-order valence-corrected chi connectivity index (χ4v) is 5.24. The average molecular weight is 612 g/mol. The second kappa shape index (κ2) is 14.5. The van der Waals surface area contributed by atoms with Gasteiger partial charge in [0.15, 0.2) is 11.6 Å². The van der Waals surface area contributed by atoms with Gasteiger partial charge in [-0.05, 0) is 64.2 Å². The van der Waals surface area contributed by atoms with Crippen molar-refractivity contribution in [2.45, 2.75) is 37.6 Å². The molecule has 0 bridgehead atoms. The van der Waals surface area contributed by atoms with Crippen molar-refractivity contribution in [1.29, 1.82) is 0 Å². The van der Waals surface area contributed by atoms with Gasteiger partial charge in [-0.2, -0.15) is 0 Å². The monoisotopic (exact) mass is 611 g/mol. The molecule has 0 fully saturated rings. The standard InChI is InChI=1S/C34H31F2N5O4/c35-28-17-23(18-29(36)19-28)21-38-33(43)34(20-26-9-4-5-10-27(26)22-39-41-37)31(24-7-2-1-3-8-24)45-32(40-34)25-11-13-30(14-12-25)44-16-6-15-42/h1-5,7-14,17-19,31,42H,6,15-16,20-22H2,(H,38,43)/t31-,34-/m1/s1. The van der Waals surface area contributed by atoms with E-state index in [0.29, 0.717) is 29.9 Å². The van der Waals surface area contributed by atoms with E-state index in [4.69, 9.17) is 25.1 Å². The Morgan fingerprint density at radius 1 is 1.00 bits per heavy atom. The maximum Gasteiger partial charge on any atom is 0.252 e. The fraction of sp³-hybridized carbons (Fsp3) is 0.235. The van der Waals surface area contributed by atoms with Gasteiger partial charge < -0.3 is 19.9 Å². The molecule has 2 N–H and O–H groups in total. The number of aliphatic hydroxyl groups is 1. The van der Waals surface area contributed by atoms with Crippen molar-refractivity contribution >= 4 is 11.8 Å². The first kappa shape index (κ1) is 31.2. The third kappa shape index (κ3) is 7.46. The molecular formula is C34H31F2N5O4. The molecule has 0 spiro atoms. The molecule has 45 heavy (non-hydrogen) atoms. The number of aliphatic hydroxyl groups excluding tert-OH is 1.